The second-order valence-electron chi connectivity index (χ2n) is 13.3. The highest BCUT2D eigenvalue weighted by Crippen LogP contribution is 2.41. The first-order chi connectivity index (χ1) is 40.6. The van der Waals surface area contributed by atoms with Crippen LogP contribution in [0.25, 0.3) is 106 Å². The monoisotopic (exact) mass is 803 g/mol. The van der Waals surface area contributed by atoms with Gasteiger partial charge in [0.05, 0.1) is 51.0 Å². The molecule has 0 atom stereocenters. The Hall–Kier alpha value is -8.21. The molecular weight excluding hydrogens is 741 g/mol. The number of fused-ring (bicyclic) bond motifs is 3. The maximum Gasteiger partial charge on any atom is 0.166 e. The third-order valence-electron chi connectivity index (χ3n) is 9.62. The molecule has 0 fully saturated rings. The summed E-state index contributed by atoms with van der Waals surface area (Å²) in [5, 5.41) is -0.826. The predicted octanol–water partition coefficient (Wildman–Crippen LogP) is 14.6. The lowest BCUT2D eigenvalue weighted by Crippen LogP contribution is -2.04. The highest BCUT2D eigenvalue weighted by atomic mass is 15.1. The van der Waals surface area contributed by atoms with Crippen LogP contribution in [0.4, 0.5) is 0 Å². The smallest absolute Gasteiger partial charge is 0.166 e. The lowest BCUT2D eigenvalue weighted by atomic mass is 9.92. The topological polar surface area (TPSA) is 43.6 Å². The molecule has 11 aromatic rings. The summed E-state index contributed by atoms with van der Waals surface area (Å²) in [6.45, 7) is 0. The molecule has 0 saturated heterocycles. The van der Waals surface area contributed by atoms with Crippen LogP contribution in [-0.4, -0.2) is 19.5 Å². The van der Waals surface area contributed by atoms with Gasteiger partial charge in [0, 0.05) is 27.5 Å². The van der Waals surface area contributed by atoms with E-state index in [-0.39, 0.29) is 34.3 Å². The van der Waals surface area contributed by atoms with Crippen LogP contribution in [0.15, 0.2) is 230 Å². The standard InChI is InChI=1S/C57H38N4/c1-6-18-39(19-7-1)44-30-32-53-50(37-44)49-28-16-17-29-52(49)61(53)54-33-31-45(48-35-46(40-20-8-2-9-21-40)34-47(36-48)41-22-10-3-11-23-41)38-51(54)57-59-55(42-24-12-4-13-25-42)58-56(60-57)43-26-14-5-15-27-43/h1-38H/i1D,2D,3D,6D,7D,8D,9D,10D,11D,16D,17D,18D,19D,20D,21D,22D,23D,28D,29D,30D,32D,34D,35D,36D,37D. The molecule has 0 spiro atoms. The second kappa shape index (κ2) is 15.5. The third-order valence-corrected chi connectivity index (χ3v) is 9.62. The molecule has 0 aliphatic rings. The van der Waals surface area contributed by atoms with E-state index >= 15 is 0 Å². The first kappa shape index (κ1) is 18.4. The molecule has 0 unspecified atom stereocenters. The first-order valence-corrected chi connectivity index (χ1v) is 18.6. The largest absolute Gasteiger partial charge is 0.309 e. The summed E-state index contributed by atoms with van der Waals surface area (Å²) in [4.78, 5) is 14.7. The zero-order chi connectivity index (χ0) is 62.3. The van der Waals surface area contributed by atoms with E-state index in [2.05, 4.69) is 0 Å². The number of para-hydroxylation sites is 1. The van der Waals surface area contributed by atoms with Crippen molar-refractivity contribution < 1.29 is 34.3 Å². The van der Waals surface area contributed by atoms with Crippen molar-refractivity contribution in [2.24, 2.45) is 0 Å². The van der Waals surface area contributed by atoms with Crippen molar-refractivity contribution in [2.75, 3.05) is 0 Å². The van der Waals surface area contributed by atoms with Crippen LogP contribution in [0, 0.1) is 0 Å². The van der Waals surface area contributed by atoms with Gasteiger partial charge < -0.3 is 4.57 Å². The Balaban J connectivity index is 1.36. The van der Waals surface area contributed by atoms with Gasteiger partial charge >= 0.3 is 0 Å². The van der Waals surface area contributed by atoms with Crippen LogP contribution in [0.3, 0.4) is 0 Å². The van der Waals surface area contributed by atoms with E-state index in [1.807, 2.05) is 0 Å². The molecule has 4 heteroatoms. The Morgan fingerprint density at radius 1 is 0.328 bits per heavy atom. The minimum atomic E-state index is -0.919. The first-order valence-electron chi connectivity index (χ1n) is 31.1. The van der Waals surface area contributed by atoms with Crippen molar-refractivity contribution in [1.82, 2.24) is 19.5 Å². The van der Waals surface area contributed by atoms with E-state index in [1.54, 1.807) is 60.7 Å². The minimum absolute atomic E-state index is 0.0501. The summed E-state index contributed by atoms with van der Waals surface area (Å²) in [5.74, 6) is -0.153. The van der Waals surface area contributed by atoms with Gasteiger partial charge in [-0.25, -0.2) is 15.0 Å². The Morgan fingerprint density at radius 2 is 0.803 bits per heavy atom. The van der Waals surface area contributed by atoms with Gasteiger partial charge in [0.15, 0.2) is 17.5 Å². The summed E-state index contributed by atoms with van der Waals surface area (Å²) < 4.78 is 227. The fourth-order valence-corrected chi connectivity index (χ4v) is 6.86. The van der Waals surface area contributed by atoms with Gasteiger partial charge in [-0.3, -0.25) is 0 Å². The highest BCUT2D eigenvalue weighted by molar-refractivity contribution is 6.11. The SMILES string of the molecule is [2H]c1c([2H])c([2H])c(-c2c([2H])c(-c3ccc(-n4c5c([2H])c([2H])c([2H])c([2H])c5c5c([2H])c(-c6c([2H])c([2H])c([2H])c([2H])c6[2H])c([2H])c([2H])c54)c(-c4nc(-c5ccccc5)nc(-c5ccccc5)n4)c3)c([2H])c(-c3c([2H])c([2H])c([2H])c([2H])c3[2H])c2[2H])c([2H])c1[2H]. The fourth-order valence-electron chi connectivity index (χ4n) is 6.86. The molecule has 0 N–H and O–H groups in total. The third kappa shape index (κ3) is 6.86. The fraction of sp³-hybridized carbons (Fsp3) is 0. The lowest BCUT2D eigenvalue weighted by molar-refractivity contribution is 1.06. The summed E-state index contributed by atoms with van der Waals surface area (Å²) in [6, 6.07) is 0.0397. The summed E-state index contributed by atoms with van der Waals surface area (Å²) >= 11 is 0. The molecule has 0 aliphatic carbocycles. The van der Waals surface area contributed by atoms with Crippen LogP contribution in [-0.2, 0) is 0 Å². The Morgan fingerprint density at radius 3 is 1.38 bits per heavy atom. The van der Waals surface area contributed by atoms with Crippen molar-refractivity contribution in [1.29, 1.82) is 0 Å². The van der Waals surface area contributed by atoms with Gasteiger partial charge in [-0.15, -0.1) is 0 Å². The van der Waals surface area contributed by atoms with Gasteiger partial charge in [-0.1, -0.05) is 182 Å². The Bertz CT molecular complexity index is 4580. The molecule has 0 aliphatic heterocycles. The molecule has 0 radical (unpaired) electrons. The van der Waals surface area contributed by atoms with Crippen molar-refractivity contribution in [2.45, 2.75) is 0 Å². The summed E-state index contributed by atoms with van der Waals surface area (Å²) in [6.07, 6.45) is 0. The number of nitrogens with zero attached hydrogens (tertiary/aromatic N) is 4. The van der Waals surface area contributed by atoms with Gasteiger partial charge in [0.25, 0.3) is 0 Å². The Kier molecular flexibility index (Phi) is 4.67. The molecule has 0 saturated carbocycles. The van der Waals surface area contributed by atoms with Crippen molar-refractivity contribution in [3.8, 4) is 84.4 Å². The van der Waals surface area contributed by atoms with Gasteiger partial charge in [0.1, 0.15) is 0 Å². The average Bonchev–Trinajstić information content (AvgIpc) is 1.47. The van der Waals surface area contributed by atoms with Gasteiger partial charge in [-0.05, 0) is 92.9 Å². The van der Waals surface area contributed by atoms with Crippen LogP contribution >= 0.6 is 0 Å². The van der Waals surface area contributed by atoms with E-state index in [4.69, 9.17) is 38.3 Å². The number of aromatic nitrogens is 4. The van der Waals surface area contributed by atoms with Crippen molar-refractivity contribution in [3.63, 3.8) is 0 Å². The molecule has 11 rings (SSSR count). The summed E-state index contributed by atoms with van der Waals surface area (Å²) in [7, 11) is 0. The van der Waals surface area contributed by atoms with E-state index < -0.39 is 212 Å². The van der Waals surface area contributed by atoms with Gasteiger partial charge in [-0.2, -0.15) is 0 Å². The number of hydrogen-bond acceptors (Lipinski definition) is 3. The molecule has 4 nitrogen and oxygen atoms in total. The van der Waals surface area contributed by atoms with Crippen molar-refractivity contribution in [3.05, 3.63) is 230 Å². The number of rotatable bonds is 8. The van der Waals surface area contributed by atoms with E-state index in [0.29, 0.717) is 11.1 Å². The predicted molar refractivity (Wildman–Crippen MR) is 252 cm³/mol. The van der Waals surface area contributed by atoms with Crippen LogP contribution < -0.4 is 0 Å². The normalized spacial score (nSPS) is 17.0. The van der Waals surface area contributed by atoms with E-state index in [0.717, 1.165) is 4.57 Å². The van der Waals surface area contributed by atoms with Crippen LogP contribution in [0.2, 0.25) is 0 Å². The highest BCUT2D eigenvalue weighted by Gasteiger charge is 2.21. The maximum absolute atomic E-state index is 9.95. The van der Waals surface area contributed by atoms with Gasteiger partial charge in [0.2, 0.25) is 0 Å². The zero-order valence-corrected chi connectivity index (χ0v) is 31.3. The number of benzene rings is 9. The minimum Gasteiger partial charge on any atom is -0.309 e. The second-order valence-corrected chi connectivity index (χ2v) is 13.3. The quantitative estimate of drug-likeness (QED) is 0.154. The maximum atomic E-state index is 9.95. The molecule has 2 aromatic heterocycles. The molecular formula is C57H38N4. The molecule has 286 valence electrons. The Labute approximate surface area is 389 Å². The molecule has 2 heterocycles. The van der Waals surface area contributed by atoms with Crippen LogP contribution in [0.1, 0.15) is 34.3 Å². The zero-order valence-electron chi connectivity index (χ0n) is 56.3. The molecule has 0 bridgehead atoms. The number of hydrogen-bond donors (Lipinski definition) is 0. The molecule has 0 amide bonds. The van der Waals surface area contributed by atoms with E-state index in [9.17, 15) is 11.0 Å². The lowest BCUT2D eigenvalue weighted by Gasteiger charge is -2.17. The molecule has 9 aromatic carbocycles. The van der Waals surface area contributed by atoms with Crippen LogP contribution in [0.5, 0.6) is 0 Å². The van der Waals surface area contributed by atoms with Crippen molar-refractivity contribution >= 4 is 21.8 Å². The average molecular weight is 804 g/mol. The van der Waals surface area contributed by atoms with E-state index in [1.165, 1.54) is 18.2 Å². The summed E-state index contributed by atoms with van der Waals surface area (Å²) in [5.41, 5.74) is -5.15. The molecule has 61 heavy (non-hydrogen) atoms.